The maximum Gasteiger partial charge on any atom is 0.224 e. The molecular weight excluding hydrogens is 318 g/mol. The topological polar surface area (TPSA) is 47.0 Å². The lowest BCUT2D eigenvalue weighted by Gasteiger charge is -2.09. The highest BCUT2D eigenvalue weighted by Crippen LogP contribution is 2.29. The average molecular weight is 329 g/mol. The zero-order valence-electron chi connectivity index (χ0n) is 9.87. The van der Waals surface area contributed by atoms with Crippen molar-refractivity contribution in [2.24, 2.45) is 0 Å². The van der Waals surface area contributed by atoms with Crippen molar-refractivity contribution in [2.45, 2.75) is 6.92 Å². The van der Waals surface area contributed by atoms with Gasteiger partial charge in [0.25, 0.3) is 0 Å². The minimum absolute atomic E-state index is 0.224. The first-order chi connectivity index (χ1) is 8.58. The number of rotatable bonds is 3. The summed E-state index contributed by atoms with van der Waals surface area (Å²) in [5.41, 5.74) is 1.67. The summed E-state index contributed by atoms with van der Waals surface area (Å²) >= 11 is 9.21. The number of aromatic nitrogens is 2. The lowest BCUT2D eigenvalue weighted by Crippen LogP contribution is -1.97. The predicted octanol–water partition coefficient (Wildman–Crippen LogP) is 3.95. The molecule has 1 aromatic heterocycles. The van der Waals surface area contributed by atoms with Crippen molar-refractivity contribution >= 4 is 39.0 Å². The third-order valence-corrected chi connectivity index (χ3v) is 3.07. The van der Waals surface area contributed by atoms with Gasteiger partial charge in [0, 0.05) is 23.5 Å². The lowest BCUT2D eigenvalue weighted by atomic mass is 10.3. The van der Waals surface area contributed by atoms with Gasteiger partial charge in [-0.1, -0.05) is 0 Å². The molecule has 0 fully saturated rings. The van der Waals surface area contributed by atoms with Crippen molar-refractivity contribution in [2.75, 3.05) is 12.4 Å². The number of hydrogen-bond acceptors (Lipinski definition) is 4. The van der Waals surface area contributed by atoms with Crippen LogP contribution < -0.4 is 10.1 Å². The van der Waals surface area contributed by atoms with Gasteiger partial charge in [-0.15, -0.1) is 0 Å². The summed E-state index contributed by atoms with van der Waals surface area (Å²) in [6.07, 6.45) is 0. The van der Waals surface area contributed by atoms with Crippen LogP contribution in [-0.2, 0) is 0 Å². The highest BCUT2D eigenvalue weighted by molar-refractivity contribution is 9.10. The highest BCUT2D eigenvalue weighted by Gasteiger charge is 2.04. The predicted molar refractivity (Wildman–Crippen MR) is 75.8 cm³/mol. The van der Waals surface area contributed by atoms with Gasteiger partial charge in [0.05, 0.1) is 11.6 Å². The van der Waals surface area contributed by atoms with E-state index >= 15 is 0 Å². The van der Waals surface area contributed by atoms with Gasteiger partial charge in [-0.25, -0.2) is 9.97 Å². The Morgan fingerprint density at radius 2 is 2.06 bits per heavy atom. The smallest absolute Gasteiger partial charge is 0.224 e. The molecule has 4 nitrogen and oxygen atoms in total. The first-order valence-electron chi connectivity index (χ1n) is 5.20. The number of anilines is 2. The standard InChI is InChI=1S/C12H11BrClN3O/c1-7-5-11(17-12(14)15-7)16-8-3-4-9(13)10(6-8)18-2/h3-6H,1-2H3,(H,15,16,17). The van der Waals surface area contributed by atoms with Gasteiger partial charge in [0.1, 0.15) is 11.6 Å². The number of benzene rings is 1. The summed E-state index contributed by atoms with van der Waals surface area (Å²) in [7, 11) is 1.62. The highest BCUT2D eigenvalue weighted by atomic mass is 79.9. The molecule has 0 amide bonds. The Kier molecular flexibility index (Phi) is 4.04. The van der Waals surface area contributed by atoms with Crippen LogP contribution in [0.1, 0.15) is 5.69 Å². The molecule has 94 valence electrons. The molecule has 1 heterocycles. The molecule has 0 aliphatic rings. The average Bonchev–Trinajstić information content (AvgIpc) is 2.30. The van der Waals surface area contributed by atoms with Crippen LogP contribution >= 0.6 is 27.5 Å². The van der Waals surface area contributed by atoms with Gasteiger partial charge < -0.3 is 10.1 Å². The van der Waals surface area contributed by atoms with Gasteiger partial charge in [-0.3, -0.25) is 0 Å². The molecule has 0 unspecified atom stereocenters. The Morgan fingerprint density at radius 3 is 2.72 bits per heavy atom. The minimum atomic E-state index is 0.224. The van der Waals surface area contributed by atoms with Crippen LogP contribution in [0.15, 0.2) is 28.7 Å². The van der Waals surface area contributed by atoms with Gasteiger partial charge in [-0.2, -0.15) is 0 Å². The Labute approximate surface area is 118 Å². The van der Waals surface area contributed by atoms with Gasteiger partial charge in [-0.05, 0) is 46.6 Å². The van der Waals surface area contributed by atoms with Crippen LogP contribution in [-0.4, -0.2) is 17.1 Å². The molecule has 0 aliphatic carbocycles. The molecule has 2 rings (SSSR count). The zero-order chi connectivity index (χ0) is 13.1. The summed E-state index contributed by atoms with van der Waals surface area (Å²) in [6, 6.07) is 7.50. The molecule has 0 radical (unpaired) electrons. The molecule has 0 atom stereocenters. The number of nitrogens with zero attached hydrogens (tertiary/aromatic N) is 2. The van der Waals surface area contributed by atoms with Crippen LogP contribution in [0.25, 0.3) is 0 Å². The Balaban J connectivity index is 2.28. The second kappa shape index (κ2) is 5.54. The van der Waals surface area contributed by atoms with E-state index in [1.165, 1.54) is 0 Å². The summed E-state index contributed by atoms with van der Waals surface area (Å²) in [4.78, 5) is 8.10. The fourth-order valence-corrected chi connectivity index (χ4v) is 2.11. The van der Waals surface area contributed by atoms with E-state index in [1.54, 1.807) is 7.11 Å². The maximum atomic E-state index is 5.81. The van der Waals surface area contributed by atoms with Gasteiger partial charge in [0.15, 0.2) is 0 Å². The molecule has 6 heteroatoms. The minimum Gasteiger partial charge on any atom is -0.495 e. The van der Waals surface area contributed by atoms with Crippen LogP contribution in [0, 0.1) is 6.92 Å². The summed E-state index contributed by atoms with van der Waals surface area (Å²) in [5, 5.41) is 3.37. The fourth-order valence-electron chi connectivity index (χ4n) is 1.48. The van der Waals surface area contributed by atoms with E-state index in [0.717, 1.165) is 21.6 Å². The Morgan fingerprint density at radius 1 is 1.28 bits per heavy atom. The molecule has 1 aromatic carbocycles. The molecule has 0 spiro atoms. The molecular formula is C12H11BrClN3O. The van der Waals surface area contributed by atoms with Crippen molar-refractivity contribution in [3.8, 4) is 5.75 Å². The first kappa shape index (κ1) is 13.1. The van der Waals surface area contributed by atoms with E-state index in [0.29, 0.717) is 5.82 Å². The molecule has 0 aliphatic heterocycles. The van der Waals surface area contributed by atoms with Gasteiger partial charge >= 0.3 is 0 Å². The largest absolute Gasteiger partial charge is 0.495 e. The normalized spacial score (nSPS) is 10.2. The number of hydrogen-bond donors (Lipinski definition) is 1. The third-order valence-electron chi connectivity index (χ3n) is 2.25. The van der Waals surface area contributed by atoms with E-state index < -0.39 is 0 Å². The van der Waals surface area contributed by atoms with E-state index in [2.05, 4.69) is 31.2 Å². The van der Waals surface area contributed by atoms with E-state index in [-0.39, 0.29) is 5.28 Å². The van der Waals surface area contributed by atoms with Crippen molar-refractivity contribution < 1.29 is 4.74 Å². The van der Waals surface area contributed by atoms with Crippen molar-refractivity contribution in [3.63, 3.8) is 0 Å². The molecule has 1 N–H and O–H groups in total. The second-order valence-corrected chi connectivity index (χ2v) is 4.83. The Hall–Kier alpha value is -1.33. The van der Waals surface area contributed by atoms with Crippen molar-refractivity contribution in [3.05, 3.63) is 39.7 Å². The van der Waals surface area contributed by atoms with Crippen LogP contribution in [0.5, 0.6) is 5.75 Å². The molecule has 18 heavy (non-hydrogen) atoms. The number of aryl methyl sites for hydroxylation is 1. The van der Waals surface area contributed by atoms with Crippen molar-refractivity contribution in [1.82, 2.24) is 9.97 Å². The summed E-state index contributed by atoms with van der Waals surface area (Å²) in [5.74, 6) is 1.40. The molecule has 2 aromatic rings. The van der Waals surface area contributed by atoms with E-state index in [4.69, 9.17) is 16.3 Å². The Bertz CT molecular complexity index is 557. The molecule has 0 saturated heterocycles. The molecule has 0 bridgehead atoms. The number of ether oxygens (including phenoxy) is 1. The van der Waals surface area contributed by atoms with Crippen LogP contribution in [0.2, 0.25) is 5.28 Å². The van der Waals surface area contributed by atoms with Crippen LogP contribution in [0.3, 0.4) is 0 Å². The monoisotopic (exact) mass is 327 g/mol. The summed E-state index contributed by atoms with van der Waals surface area (Å²) in [6.45, 7) is 1.86. The fraction of sp³-hybridized carbons (Fsp3) is 0.167. The third kappa shape index (κ3) is 3.11. The van der Waals surface area contributed by atoms with E-state index in [1.807, 2.05) is 31.2 Å². The van der Waals surface area contributed by atoms with Gasteiger partial charge in [0.2, 0.25) is 5.28 Å². The first-order valence-corrected chi connectivity index (χ1v) is 6.37. The zero-order valence-corrected chi connectivity index (χ0v) is 12.2. The number of nitrogens with one attached hydrogen (secondary N) is 1. The number of methoxy groups -OCH3 is 1. The maximum absolute atomic E-state index is 5.81. The quantitative estimate of drug-likeness (QED) is 0.867. The molecule has 0 saturated carbocycles. The van der Waals surface area contributed by atoms with Crippen molar-refractivity contribution in [1.29, 1.82) is 0 Å². The second-order valence-electron chi connectivity index (χ2n) is 3.64. The lowest BCUT2D eigenvalue weighted by molar-refractivity contribution is 0.412. The van der Waals surface area contributed by atoms with Crippen LogP contribution in [0.4, 0.5) is 11.5 Å². The number of halogens is 2. The van der Waals surface area contributed by atoms with E-state index in [9.17, 15) is 0 Å². The summed E-state index contributed by atoms with van der Waals surface area (Å²) < 4.78 is 6.12. The SMILES string of the molecule is COc1cc(Nc2cc(C)nc(Cl)n2)ccc1Br.